The maximum atomic E-state index is 12.9. The van der Waals surface area contributed by atoms with Gasteiger partial charge in [0.25, 0.3) is 5.91 Å². The Morgan fingerprint density at radius 3 is 2.82 bits per heavy atom. The third-order valence-electron chi connectivity index (χ3n) is 5.24. The second-order valence-corrected chi connectivity index (χ2v) is 8.43. The van der Waals surface area contributed by atoms with Crippen molar-refractivity contribution >= 4 is 39.8 Å². The second kappa shape index (κ2) is 8.25. The van der Waals surface area contributed by atoms with Crippen molar-refractivity contribution in [3.8, 4) is 0 Å². The fourth-order valence-corrected chi connectivity index (χ4v) is 4.63. The van der Waals surface area contributed by atoms with Gasteiger partial charge >= 0.3 is 0 Å². The molecule has 1 aliphatic rings. The van der Waals surface area contributed by atoms with Gasteiger partial charge in [-0.1, -0.05) is 17.7 Å². The molecular formula is C21H23ClN2O3S. The topological polar surface area (TPSA) is 54.7 Å². The number of amides is 1. The van der Waals surface area contributed by atoms with Crippen LogP contribution in [0.25, 0.3) is 11.0 Å². The number of halogens is 1. The summed E-state index contributed by atoms with van der Waals surface area (Å²) in [4.78, 5) is 16.5. The molecule has 28 heavy (non-hydrogen) atoms. The molecule has 1 aromatic carbocycles. The fraction of sp³-hybridized carbons (Fsp3) is 0.381. The van der Waals surface area contributed by atoms with Crippen LogP contribution in [-0.2, 0) is 4.74 Å². The van der Waals surface area contributed by atoms with Gasteiger partial charge in [0.05, 0.1) is 19.3 Å². The highest BCUT2D eigenvalue weighted by molar-refractivity contribution is 7.10. The number of hydrogen-bond acceptors (Lipinski definition) is 5. The van der Waals surface area contributed by atoms with Crippen molar-refractivity contribution in [3.63, 3.8) is 0 Å². The zero-order chi connectivity index (χ0) is 19.7. The van der Waals surface area contributed by atoms with Crippen LogP contribution in [0.2, 0.25) is 5.02 Å². The highest BCUT2D eigenvalue weighted by Crippen LogP contribution is 2.30. The summed E-state index contributed by atoms with van der Waals surface area (Å²) in [5.41, 5.74) is 2.43. The lowest BCUT2D eigenvalue weighted by Crippen LogP contribution is -2.43. The normalized spacial score (nSPS) is 16.4. The number of fused-ring (bicyclic) bond motifs is 1. The largest absolute Gasteiger partial charge is 0.451 e. The number of hydrogen-bond donors (Lipinski definition) is 1. The van der Waals surface area contributed by atoms with Gasteiger partial charge in [0.2, 0.25) is 0 Å². The van der Waals surface area contributed by atoms with Crippen molar-refractivity contribution in [1.82, 2.24) is 10.2 Å². The Morgan fingerprint density at radius 1 is 1.32 bits per heavy atom. The van der Waals surface area contributed by atoms with Crippen molar-refractivity contribution in [2.75, 3.05) is 32.8 Å². The van der Waals surface area contributed by atoms with Crippen LogP contribution >= 0.6 is 22.9 Å². The number of nitrogens with zero attached hydrogens (tertiary/aromatic N) is 1. The van der Waals surface area contributed by atoms with Gasteiger partial charge in [0, 0.05) is 40.5 Å². The summed E-state index contributed by atoms with van der Waals surface area (Å²) in [6.07, 6.45) is 0. The number of thiophene rings is 1. The number of rotatable bonds is 5. The summed E-state index contributed by atoms with van der Waals surface area (Å²) in [7, 11) is 0. The Balaban J connectivity index is 1.53. The van der Waals surface area contributed by atoms with E-state index in [2.05, 4.69) is 21.7 Å². The van der Waals surface area contributed by atoms with Crippen LogP contribution in [0.15, 0.2) is 34.1 Å². The number of carbonyl (C=O) groups excluding carboxylic acids is 1. The van der Waals surface area contributed by atoms with Crippen LogP contribution in [0.4, 0.5) is 0 Å². The van der Waals surface area contributed by atoms with Gasteiger partial charge in [-0.15, -0.1) is 11.3 Å². The van der Waals surface area contributed by atoms with Gasteiger partial charge in [0.15, 0.2) is 5.76 Å². The highest BCUT2D eigenvalue weighted by Gasteiger charge is 2.25. The van der Waals surface area contributed by atoms with E-state index in [0.717, 1.165) is 42.8 Å². The predicted molar refractivity (Wildman–Crippen MR) is 112 cm³/mol. The summed E-state index contributed by atoms with van der Waals surface area (Å²) >= 11 is 7.95. The smallest absolute Gasteiger partial charge is 0.287 e. The van der Waals surface area contributed by atoms with E-state index < -0.39 is 0 Å². The van der Waals surface area contributed by atoms with Crippen LogP contribution in [0.1, 0.15) is 32.6 Å². The number of aryl methyl sites for hydroxylation is 2. The van der Waals surface area contributed by atoms with E-state index in [9.17, 15) is 4.79 Å². The molecule has 0 aliphatic carbocycles. The molecule has 1 aliphatic heterocycles. The molecule has 3 aromatic rings. The molecule has 0 bridgehead atoms. The van der Waals surface area contributed by atoms with E-state index in [4.69, 9.17) is 20.8 Å². The van der Waals surface area contributed by atoms with Crippen LogP contribution in [0, 0.1) is 13.8 Å². The first-order chi connectivity index (χ1) is 13.5. The van der Waals surface area contributed by atoms with Crippen LogP contribution in [0.5, 0.6) is 0 Å². The minimum absolute atomic E-state index is 0.134. The first kappa shape index (κ1) is 19.5. The van der Waals surface area contributed by atoms with Crippen molar-refractivity contribution in [2.45, 2.75) is 19.9 Å². The number of nitrogens with one attached hydrogen (secondary N) is 1. The molecule has 1 fully saturated rings. The maximum Gasteiger partial charge on any atom is 0.287 e. The van der Waals surface area contributed by atoms with Crippen molar-refractivity contribution < 1.29 is 13.9 Å². The van der Waals surface area contributed by atoms with Crippen molar-refractivity contribution in [2.24, 2.45) is 0 Å². The Bertz CT molecular complexity index is 977. The van der Waals surface area contributed by atoms with Crippen LogP contribution in [-0.4, -0.2) is 43.7 Å². The number of morpholine rings is 1. The molecule has 1 N–H and O–H groups in total. The number of furan rings is 1. The van der Waals surface area contributed by atoms with Gasteiger partial charge in [-0.3, -0.25) is 9.69 Å². The lowest BCUT2D eigenvalue weighted by Gasteiger charge is -2.34. The monoisotopic (exact) mass is 418 g/mol. The van der Waals surface area contributed by atoms with Crippen molar-refractivity contribution in [1.29, 1.82) is 0 Å². The average molecular weight is 419 g/mol. The molecule has 0 spiro atoms. The van der Waals surface area contributed by atoms with Gasteiger partial charge < -0.3 is 14.5 Å². The van der Waals surface area contributed by atoms with Crippen molar-refractivity contribution in [3.05, 3.63) is 56.4 Å². The third kappa shape index (κ3) is 3.82. The molecule has 1 unspecified atom stereocenters. The lowest BCUT2D eigenvalue weighted by atomic mass is 10.1. The predicted octanol–water partition coefficient (Wildman–Crippen LogP) is 4.57. The zero-order valence-corrected chi connectivity index (χ0v) is 17.5. The van der Waals surface area contributed by atoms with E-state index >= 15 is 0 Å². The first-order valence-corrected chi connectivity index (χ1v) is 10.6. The molecular weight excluding hydrogens is 396 g/mol. The summed E-state index contributed by atoms with van der Waals surface area (Å²) in [5.74, 6) is 0.154. The summed E-state index contributed by atoms with van der Waals surface area (Å²) in [6.45, 7) is 7.51. The molecule has 5 nitrogen and oxygen atoms in total. The molecule has 0 saturated carbocycles. The molecule has 2 aromatic heterocycles. The van der Waals surface area contributed by atoms with Crippen LogP contribution < -0.4 is 5.32 Å². The average Bonchev–Trinajstić information content (AvgIpc) is 3.33. The Hall–Kier alpha value is -1.86. The number of carbonyl (C=O) groups is 1. The molecule has 1 atom stereocenters. The molecule has 148 valence electrons. The van der Waals surface area contributed by atoms with Gasteiger partial charge in [0.1, 0.15) is 5.58 Å². The molecule has 3 heterocycles. The maximum absolute atomic E-state index is 12.9. The van der Waals surface area contributed by atoms with E-state index in [-0.39, 0.29) is 11.9 Å². The minimum atomic E-state index is -0.197. The number of ether oxygens (including phenoxy) is 1. The molecule has 7 heteroatoms. The zero-order valence-electron chi connectivity index (χ0n) is 16.0. The Kier molecular flexibility index (Phi) is 5.73. The van der Waals surface area contributed by atoms with Gasteiger partial charge in [-0.05, 0) is 43.0 Å². The SMILES string of the molecule is Cc1cc2oc(C(=O)NCC(c3cccs3)N3CCOCC3)c(C)c2cc1Cl. The van der Waals surface area contributed by atoms with E-state index in [1.54, 1.807) is 11.3 Å². The summed E-state index contributed by atoms with van der Waals surface area (Å²) in [6, 6.07) is 8.04. The molecule has 1 amide bonds. The van der Waals surface area contributed by atoms with E-state index in [1.807, 2.05) is 32.0 Å². The fourth-order valence-electron chi connectivity index (χ4n) is 3.61. The number of benzene rings is 1. The Labute approximate surface area is 173 Å². The molecule has 0 radical (unpaired) electrons. The lowest BCUT2D eigenvalue weighted by molar-refractivity contribution is 0.0168. The summed E-state index contributed by atoms with van der Waals surface area (Å²) < 4.78 is 11.3. The summed E-state index contributed by atoms with van der Waals surface area (Å²) in [5, 5.41) is 6.70. The quantitative estimate of drug-likeness (QED) is 0.659. The van der Waals surface area contributed by atoms with Crippen LogP contribution in [0.3, 0.4) is 0 Å². The highest BCUT2D eigenvalue weighted by atomic mass is 35.5. The Morgan fingerprint density at radius 2 is 2.11 bits per heavy atom. The third-order valence-corrected chi connectivity index (χ3v) is 6.62. The minimum Gasteiger partial charge on any atom is -0.451 e. The standard InChI is InChI=1S/C21H23ClN2O3S/c1-13-10-18-15(11-16(13)22)14(2)20(27-18)21(25)23-12-17(19-4-3-9-28-19)24-5-7-26-8-6-24/h3-4,9-11,17H,5-8,12H2,1-2H3,(H,23,25). The molecule has 1 saturated heterocycles. The first-order valence-electron chi connectivity index (χ1n) is 9.37. The second-order valence-electron chi connectivity index (χ2n) is 7.04. The molecule has 4 rings (SSSR count). The van der Waals surface area contributed by atoms with Gasteiger partial charge in [-0.25, -0.2) is 0 Å². The van der Waals surface area contributed by atoms with E-state index in [1.165, 1.54) is 4.88 Å². The van der Waals surface area contributed by atoms with Gasteiger partial charge in [-0.2, -0.15) is 0 Å². The van der Waals surface area contributed by atoms with E-state index in [0.29, 0.717) is 22.9 Å².